The van der Waals surface area contributed by atoms with Gasteiger partial charge in [-0.15, -0.1) is 0 Å². The quantitative estimate of drug-likeness (QED) is 0.816. The van der Waals surface area contributed by atoms with Gasteiger partial charge in [-0.2, -0.15) is 0 Å². The number of rotatable bonds is 5. The molecular weight excluding hydrogens is 262 g/mol. The number of nitrogens with one attached hydrogen (secondary N) is 1. The Morgan fingerprint density at radius 2 is 2.26 bits per heavy atom. The SMILES string of the molecule is COc1ccc(Cl)cc1C(C)N[C@@H]1C=C[C@H](CO)C1. The maximum Gasteiger partial charge on any atom is 0.123 e. The average Bonchev–Trinajstić information content (AvgIpc) is 2.86. The smallest absolute Gasteiger partial charge is 0.123 e. The lowest BCUT2D eigenvalue weighted by Crippen LogP contribution is -2.29. The first-order chi connectivity index (χ1) is 9.13. The van der Waals surface area contributed by atoms with E-state index in [1.165, 1.54) is 0 Å². The van der Waals surface area contributed by atoms with E-state index in [-0.39, 0.29) is 24.6 Å². The fraction of sp³-hybridized carbons (Fsp3) is 0.467. The molecule has 0 amide bonds. The van der Waals surface area contributed by atoms with Gasteiger partial charge < -0.3 is 15.2 Å². The summed E-state index contributed by atoms with van der Waals surface area (Å²) < 4.78 is 5.37. The molecule has 3 nitrogen and oxygen atoms in total. The zero-order valence-electron chi connectivity index (χ0n) is 11.3. The number of methoxy groups -OCH3 is 1. The van der Waals surface area contributed by atoms with Crippen molar-refractivity contribution >= 4 is 11.6 Å². The summed E-state index contributed by atoms with van der Waals surface area (Å²) >= 11 is 6.05. The predicted molar refractivity (Wildman–Crippen MR) is 77.7 cm³/mol. The Balaban J connectivity index is 2.06. The second kappa shape index (κ2) is 6.42. The Morgan fingerprint density at radius 3 is 2.89 bits per heavy atom. The van der Waals surface area contributed by atoms with E-state index in [0.29, 0.717) is 5.02 Å². The van der Waals surface area contributed by atoms with Gasteiger partial charge in [0.1, 0.15) is 5.75 Å². The summed E-state index contributed by atoms with van der Waals surface area (Å²) in [4.78, 5) is 0. The van der Waals surface area contributed by atoms with Crippen molar-refractivity contribution in [2.75, 3.05) is 13.7 Å². The summed E-state index contributed by atoms with van der Waals surface area (Å²) in [6.07, 6.45) is 5.12. The molecule has 19 heavy (non-hydrogen) atoms. The topological polar surface area (TPSA) is 41.5 Å². The Labute approximate surface area is 119 Å². The number of ether oxygens (including phenoxy) is 1. The predicted octanol–water partition coefficient (Wildman–Crippen LogP) is 2.94. The van der Waals surface area contributed by atoms with Crippen molar-refractivity contribution in [3.63, 3.8) is 0 Å². The molecule has 0 aliphatic heterocycles. The minimum Gasteiger partial charge on any atom is -0.496 e. The van der Waals surface area contributed by atoms with Crippen LogP contribution in [0.5, 0.6) is 5.75 Å². The summed E-state index contributed by atoms with van der Waals surface area (Å²) in [5, 5.41) is 13.4. The Hall–Kier alpha value is -1.03. The molecule has 3 atom stereocenters. The summed E-state index contributed by atoms with van der Waals surface area (Å²) in [6, 6.07) is 6.07. The van der Waals surface area contributed by atoms with E-state index in [4.69, 9.17) is 21.4 Å². The molecule has 0 heterocycles. The minimum absolute atomic E-state index is 0.140. The molecule has 104 valence electrons. The van der Waals surface area contributed by atoms with Crippen molar-refractivity contribution < 1.29 is 9.84 Å². The number of halogens is 1. The van der Waals surface area contributed by atoms with Crippen molar-refractivity contribution in [3.8, 4) is 5.75 Å². The highest BCUT2D eigenvalue weighted by Crippen LogP contribution is 2.29. The number of hydrogen-bond donors (Lipinski definition) is 2. The third-order valence-electron chi connectivity index (χ3n) is 3.53. The summed E-state index contributed by atoms with van der Waals surface area (Å²) in [5.41, 5.74) is 1.05. The zero-order valence-corrected chi connectivity index (χ0v) is 12.0. The van der Waals surface area contributed by atoms with E-state index in [1.807, 2.05) is 18.2 Å². The van der Waals surface area contributed by atoms with Gasteiger partial charge in [0.05, 0.1) is 7.11 Å². The minimum atomic E-state index is 0.140. The van der Waals surface area contributed by atoms with Crippen LogP contribution in [0.3, 0.4) is 0 Å². The monoisotopic (exact) mass is 281 g/mol. The van der Waals surface area contributed by atoms with Gasteiger partial charge in [-0.05, 0) is 31.5 Å². The number of aliphatic hydroxyl groups excluding tert-OH is 1. The molecule has 0 saturated carbocycles. The molecule has 2 rings (SSSR count). The van der Waals surface area contributed by atoms with Crippen LogP contribution in [0, 0.1) is 5.92 Å². The highest BCUT2D eigenvalue weighted by molar-refractivity contribution is 6.30. The van der Waals surface area contributed by atoms with Crippen molar-refractivity contribution in [3.05, 3.63) is 40.9 Å². The molecule has 2 N–H and O–H groups in total. The Morgan fingerprint density at radius 1 is 1.47 bits per heavy atom. The molecule has 0 bridgehead atoms. The fourth-order valence-corrected chi connectivity index (χ4v) is 2.67. The fourth-order valence-electron chi connectivity index (χ4n) is 2.49. The van der Waals surface area contributed by atoms with Crippen LogP contribution in [-0.4, -0.2) is 24.9 Å². The third kappa shape index (κ3) is 3.50. The van der Waals surface area contributed by atoms with E-state index in [9.17, 15) is 0 Å². The summed E-state index contributed by atoms with van der Waals surface area (Å²) in [7, 11) is 1.66. The standard InChI is InChI=1S/C15H20ClNO2/c1-10(17-13-5-3-11(7-13)9-18)14-8-12(16)4-6-15(14)19-2/h3-6,8,10-11,13,17-18H,7,9H2,1-2H3/t10?,11-,13+/m0/s1. The van der Waals surface area contributed by atoms with Crippen molar-refractivity contribution in [1.82, 2.24) is 5.32 Å². The largest absolute Gasteiger partial charge is 0.496 e. The van der Waals surface area contributed by atoms with Gasteiger partial charge in [-0.1, -0.05) is 23.8 Å². The molecule has 0 spiro atoms. The molecule has 0 fully saturated rings. The van der Waals surface area contributed by atoms with Crippen LogP contribution in [0.2, 0.25) is 5.02 Å². The molecule has 0 aromatic heterocycles. The first-order valence-electron chi connectivity index (χ1n) is 6.52. The zero-order chi connectivity index (χ0) is 13.8. The molecule has 1 unspecified atom stereocenters. The van der Waals surface area contributed by atoms with Crippen LogP contribution < -0.4 is 10.1 Å². The lowest BCUT2D eigenvalue weighted by atomic mass is 10.0. The molecule has 1 aliphatic rings. The second-order valence-electron chi connectivity index (χ2n) is 4.94. The maximum absolute atomic E-state index is 9.14. The van der Waals surface area contributed by atoms with Gasteiger partial charge in [0, 0.05) is 35.2 Å². The van der Waals surface area contributed by atoms with E-state index in [1.54, 1.807) is 7.11 Å². The van der Waals surface area contributed by atoms with Crippen LogP contribution in [0.1, 0.15) is 24.9 Å². The number of hydrogen-bond acceptors (Lipinski definition) is 3. The van der Waals surface area contributed by atoms with E-state index < -0.39 is 0 Å². The van der Waals surface area contributed by atoms with Crippen molar-refractivity contribution in [1.29, 1.82) is 0 Å². The normalized spacial score (nSPS) is 23.6. The van der Waals surface area contributed by atoms with E-state index in [2.05, 4.69) is 24.4 Å². The van der Waals surface area contributed by atoms with Crippen molar-refractivity contribution in [2.24, 2.45) is 5.92 Å². The maximum atomic E-state index is 9.14. The molecule has 1 aromatic rings. The van der Waals surface area contributed by atoms with Crippen LogP contribution in [0.25, 0.3) is 0 Å². The highest BCUT2D eigenvalue weighted by Gasteiger charge is 2.21. The molecule has 0 saturated heterocycles. The van der Waals surface area contributed by atoms with Gasteiger partial charge >= 0.3 is 0 Å². The lowest BCUT2D eigenvalue weighted by Gasteiger charge is -2.21. The third-order valence-corrected chi connectivity index (χ3v) is 3.76. The van der Waals surface area contributed by atoms with Crippen LogP contribution >= 0.6 is 11.6 Å². The molecule has 0 radical (unpaired) electrons. The first-order valence-corrected chi connectivity index (χ1v) is 6.90. The van der Waals surface area contributed by atoms with Crippen LogP contribution in [0.4, 0.5) is 0 Å². The Bertz CT molecular complexity index is 461. The van der Waals surface area contributed by atoms with Gasteiger partial charge in [0.25, 0.3) is 0 Å². The molecule has 1 aliphatic carbocycles. The molecule has 1 aromatic carbocycles. The van der Waals surface area contributed by atoms with Crippen LogP contribution in [0.15, 0.2) is 30.4 Å². The summed E-state index contributed by atoms with van der Waals surface area (Å²) in [6.45, 7) is 2.30. The average molecular weight is 282 g/mol. The first kappa shape index (κ1) is 14.4. The van der Waals surface area contributed by atoms with Gasteiger partial charge in [-0.25, -0.2) is 0 Å². The van der Waals surface area contributed by atoms with Gasteiger partial charge in [0.15, 0.2) is 0 Å². The van der Waals surface area contributed by atoms with Crippen LogP contribution in [-0.2, 0) is 0 Å². The Kier molecular flexibility index (Phi) is 4.86. The second-order valence-corrected chi connectivity index (χ2v) is 5.38. The number of aliphatic hydroxyl groups is 1. The van der Waals surface area contributed by atoms with Gasteiger partial charge in [-0.3, -0.25) is 0 Å². The van der Waals surface area contributed by atoms with E-state index in [0.717, 1.165) is 17.7 Å². The molecule has 4 heteroatoms. The number of benzene rings is 1. The summed E-state index contributed by atoms with van der Waals surface area (Å²) in [5.74, 6) is 1.11. The van der Waals surface area contributed by atoms with Gasteiger partial charge in [0.2, 0.25) is 0 Å². The highest BCUT2D eigenvalue weighted by atomic mass is 35.5. The lowest BCUT2D eigenvalue weighted by molar-refractivity contribution is 0.245. The molecular formula is C15H20ClNO2. The van der Waals surface area contributed by atoms with Crippen molar-refractivity contribution in [2.45, 2.75) is 25.4 Å². The van der Waals surface area contributed by atoms with E-state index >= 15 is 0 Å².